The van der Waals surface area contributed by atoms with Crippen molar-refractivity contribution in [2.75, 3.05) is 45.2 Å². The Balaban J connectivity index is 1.66. The zero-order valence-electron chi connectivity index (χ0n) is 34.3. The number of rotatable bonds is 13. The van der Waals surface area contributed by atoms with Gasteiger partial charge < -0.3 is 38.5 Å². The van der Waals surface area contributed by atoms with Gasteiger partial charge in [0, 0.05) is 31.3 Å². The maximum Gasteiger partial charge on any atom is 0.410 e. The summed E-state index contributed by atoms with van der Waals surface area (Å²) in [5, 5.41) is 17.5. The predicted octanol–water partition coefficient (Wildman–Crippen LogP) is 7.93. The third-order valence-corrected chi connectivity index (χ3v) is 14.5. The van der Waals surface area contributed by atoms with E-state index < -0.39 is 38.3 Å². The molecule has 3 heterocycles. The van der Waals surface area contributed by atoms with Gasteiger partial charge in [0.1, 0.15) is 29.5 Å². The van der Waals surface area contributed by atoms with Crippen molar-refractivity contribution < 1.29 is 37.9 Å². The number of hydrogen-bond acceptors (Lipinski definition) is 11. The molecule has 0 aliphatic carbocycles. The molecule has 2 unspecified atom stereocenters. The van der Waals surface area contributed by atoms with Crippen LogP contribution in [0.15, 0.2) is 28.8 Å². The summed E-state index contributed by atoms with van der Waals surface area (Å²) in [6.45, 7) is 25.4. The third kappa shape index (κ3) is 10.5. The summed E-state index contributed by atoms with van der Waals surface area (Å²) in [5.74, 6) is 2.19. The third-order valence-electron chi connectivity index (χ3n) is 10.0. The summed E-state index contributed by atoms with van der Waals surface area (Å²) >= 11 is 0. The first kappa shape index (κ1) is 42.5. The second kappa shape index (κ2) is 17.1. The van der Waals surface area contributed by atoms with E-state index in [0.29, 0.717) is 66.2 Å². The van der Waals surface area contributed by atoms with Gasteiger partial charge >= 0.3 is 12.2 Å². The van der Waals surface area contributed by atoms with E-state index in [0.717, 1.165) is 11.1 Å². The van der Waals surface area contributed by atoms with Gasteiger partial charge in [0.15, 0.2) is 14.1 Å². The molecule has 1 aromatic carbocycles. The van der Waals surface area contributed by atoms with Crippen LogP contribution in [-0.4, -0.2) is 114 Å². The summed E-state index contributed by atoms with van der Waals surface area (Å²) in [4.78, 5) is 38.0. The van der Waals surface area contributed by atoms with Gasteiger partial charge in [-0.15, -0.1) is 0 Å². The van der Waals surface area contributed by atoms with Crippen molar-refractivity contribution in [1.82, 2.24) is 24.9 Å². The van der Waals surface area contributed by atoms with Crippen LogP contribution >= 0.6 is 0 Å². The SMILES string of the molecule is CCC1OCCN(C(=O)O)[C@H]1CNc1nc(-c2cccc(OCC(CN(C)C(=O)OC(C)(C)C)O[Si](C)(C)C(C)(C)C)c2)nc(-c2c(C)noc2C)c1C. The van der Waals surface area contributed by atoms with Crippen LogP contribution in [0, 0.1) is 20.8 Å². The Labute approximate surface area is 321 Å². The van der Waals surface area contributed by atoms with Crippen LogP contribution in [0.25, 0.3) is 22.6 Å². The van der Waals surface area contributed by atoms with E-state index in [1.54, 1.807) is 7.05 Å². The number of nitrogens with one attached hydrogen (secondary N) is 1. The molecule has 1 fully saturated rings. The minimum absolute atomic E-state index is 0.0591. The van der Waals surface area contributed by atoms with Crippen molar-refractivity contribution in [2.45, 2.75) is 118 Å². The topological polar surface area (TPSA) is 162 Å². The number of hydrogen-bond donors (Lipinski definition) is 2. The fourth-order valence-corrected chi connectivity index (χ4v) is 7.41. The van der Waals surface area contributed by atoms with Crippen LogP contribution in [0.2, 0.25) is 18.1 Å². The first-order chi connectivity index (χ1) is 25.1. The summed E-state index contributed by atoms with van der Waals surface area (Å²) < 4.78 is 30.3. The molecule has 0 radical (unpaired) electrons. The lowest BCUT2D eigenvalue weighted by atomic mass is 10.0. The van der Waals surface area contributed by atoms with Gasteiger partial charge in [0.2, 0.25) is 0 Å². The number of aryl methyl sites for hydroxylation is 2. The second-order valence-corrected chi connectivity index (χ2v) is 21.3. The highest BCUT2D eigenvalue weighted by Crippen LogP contribution is 2.38. The smallest absolute Gasteiger partial charge is 0.410 e. The van der Waals surface area contributed by atoms with E-state index in [9.17, 15) is 14.7 Å². The number of benzene rings is 1. The van der Waals surface area contributed by atoms with E-state index in [1.807, 2.05) is 72.7 Å². The number of carbonyl (C=O) groups is 2. The first-order valence-corrected chi connectivity index (χ1v) is 21.5. The molecule has 1 aliphatic heterocycles. The largest absolute Gasteiger partial charge is 0.491 e. The standard InChI is InChI=1S/C39H60N6O8Si/c1-14-31-30(45(36(46)47)18-19-49-31)21-40-34-24(2)33(32-25(3)43-52-26(32)4)41-35(42-34)27-16-15-17-28(20-27)50-23-29(53-54(12,13)39(8,9)10)22-44(11)37(48)51-38(5,6)7/h15-17,20,29-31H,14,18-19,21-23H2,1-13H3,(H,46,47)(H,40,41,42)/t29?,30-,31?/m0/s1. The molecule has 298 valence electrons. The molecule has 0 bridgehead atoms. The Hall–Kier alpha value is -4.21. The Morgan fingerprint density at radius 1 is 1.13 bits per heavy atom. The van der Waals surface area contributed by atoms with E-state index in [2.05, 4.69) is 44.3 Å². The Morgan fingerprint density at radius 3 is 2.43 bits per heavy atom. The lowest BCUT2D eigenvalue weighted by molar-refractivity contribution is -0.0579. The number of morpholine rings is 1. The van der Waals surface area contributed by atoms with Crippen molar-refractivity contribution >= 4 is 26.3 Å². The predicted molar refractivity (Wildman–Crippen MR) is 211 cm³/mol. The molecule has 14 nitrogen and oxygen atoms in total. The van der Waals surface area contributed by atoms with Crippen molar-refractivity contribution in [1.29, 1.82) is 0 Å². The Kier molecular flexibility index (Phi) is 13.4. The van der Waals surface area contributed by atoms with E-state index in [1.165, 1.54) is 9.80 Å². The zero-order valence-corrected chi connectivity index (χ0v) is 35.3. The average Bonchev–Trinajstić information content (AvgIpc) is 3.41. The van der Waals surface area contributed by atoms with Gasteiger partial charge in [-0.05, 0) is 78.2 Å². The minimum atomic E-state index is -2.25. The van der Waals surface area contributed by atoms with Crippen molar-refractivity contribution in [3.8, 4) is 28.4 Å². The summed E-state index contributed by atoms with van der Waals surface area (Å²) in [5.41, 5.74) is 2.96. The van der Waals surface area contributed by atoms with Crippen molar-refractivity contribution in [2.24, 2.45) is 0 Å². The molecule has 3 atom stereocenters. The highest BCUT2D eigenvalue weighted by Gasteiger charge is 2.40. The van der Waals surface area contributed by atoms with Gasteiger partial charge in [-0.2, -0.15) is 0 Å². The number of nitrogens with zero attached hydrogens (tertiary/aromatic N) is 5. The van der Waals surface area contributed by atoms with Gasteiger partial charge in [0.25, 0.3) is 0 Å². The molecular weight excluding hydrogens is 709 g/mol. The lowest BCUT2D eigenvalue weighted by Crippen LogP contribution is -2.56. The number of ether oxygens (including phenoxy) is 3. The molecule has 0 saturated carbocycles. The molecule has 2 amide bonds. The van der Waals surface area contributed by atoms with Crippen LogP contribution in [-0.2, 0) is 13.9 Å². The summed E-state index contributed by atoms with van der Waals surface area (Å²) in [6, 6.07) is 7.12. The maximum atomic E-state index is 12.9. The zero-order chi connectivity index (χ0) is 40.2. The lowest BCUT2D eigenvalue weighted by Gasteiger charge is -2.40. The summed E-state index contributed by atoms with van der Waals surface area (Å²) in [6.07, 6.45) is -1.43. The molecule has 3 aromatic rings. The molecule has 4 rings (SSSR count). The number of carbonyl (C=O) groups excluding carboxylic acids is 1. The van der Waals surface area contributed by atoms with Crippen LogP contribution in [0.3, 0.4) is 0 Å². The first-order valence-electron chi connectivity index (χ1n) is 18.6. The normalized spacial score (nSPS) is 17.2. The van der Waals surface area contributed by atoms with Crippen molar-refractivity contribution in [3.63, 3.8) is 0 Å². The van der Waals surface area contributed by atoms with E-state index in [4.69, 9.17) is 33.1 Å². The Bertz CT molecular complexity index is 1750. The van der Waals surface area contributed by atoms with Gasteiger partial charge in [0.05, 0.1) is 48.4 Å². The molecule has 2 N–H and O–H groups in total. The number of likely N-dealkylation sites (N-methyl/N-ethyl adjacent to an activating group) is 1. The monoisotopic (exact) mass is 768 g/mol. The molecule has 1 saturated heterocycles. The molecule has 1 aliphatic rings. The van der Waals surface area contributed by atoms with Crippen molar-refractivity contribution in [3.05, 3.63) is 41.3 Å². The fraction of sp³-hybridized carbons (Fsp3) is 0.615. The average molecular weight is 769 g/mol. The van der Waals surface area contributed by atoms with E-state index in [-0.39, 0.29) is 24.3 Å². The second-order valence-electron chi connectivity index (χ2n) is 16.5. The molecular formula is C39H60N6O8Si. The molecule has 2 aromatic heterocycles. The number of carboxylic acid groups (broad SMARTS) is 1. The number of amides is 2. The van der Waals surface area contributed by atoms with Crippen LogP contribution < -0.4 is 10.1 Å². The number of aromatic nitrogens is 3. The fourth-order valence-electron chi connectivity index (χ4n) is 6.08. The Morgan fingerprint density at radius 2 is 1.83 bits per heavy atom. The molecule has 15 heteroatoms. The van der Waals surface area contributed by atoms with Crippen LogP contribution in [0.1, 0.15) is 71.9 Å². The van der Waals surface area contributed by atoms with Crippen LogP contribution in [0.5, 0.6) is 5.75 Å². The summed E-state index contributed by atoms with van der Waals surface area (Å²) in [7, 11) is -0.547. The highest BCUT2D eigenvalue weighted by atomic mass is 28.4. The molecule has 0 spiro atoms. The van der Waals surface area contributed by atoms with Gasteiger partial charge in [-0.25, -0.2) is 19.6 Å². The minimum Gasteiger partial charge on any atom is -0.491 e. The van der Waals surface area contributed by atoms with E-state index >= 15 is 0 Å². The number of anilines is 1. The van der Waals surface area contributed by atoms with Gasteiger partial charge in [-0.3, -0.25) is 4.90 Å². The quantitative estimate of drug-likeness (QED) is 0.162. The highest BCUT2D eigenvalue weighted by molar-refractivity contribution is 6.74. The van der Waals surface area contributed by atoms with Crippen LogP contribution in [0.4, 0.5) is 15.4 Å². The maximum absolute atomic E-state index is 12.9. The molecule has 54 heavy (non-hydrogen) atoms. The van der Waals surface area contributed by atoms with Gasteiger partial charge in [-0.1, -0.05) is 45.0 Å².